The molecule has 0 aliphatic carbocycles. The highest BCUT2D eigenvalue weighted by Crippen LogP contribution is 2.20. The first-order chi connectivity index (χ1) is 13.5. The highest BCUT2D eigenvalue weighted by Gasteiger charge is 2.14. The summed E-state index contributed by atoms with van der Waals surface area (Å²) < 4.78 is 6.67. The summed E-state index contributed by atoms with van der Waals surface area (Å²) in [5.74, 6) is 0.683. The number of hydrogen-bond acceptors (Lipinski definition) is 4. The van der Waals surface area contributed by atoms with E-state index in [9.17, 15) is 9.59 Å². The Balaban J connectivity index is 1.67. The van der Waals surface area contributed by atoms with Crippen molar-refractivity contribution in [2.75, 3.05) is 7.11 Å². The van der Waals surface area contributed by atoms with Gasteiger partial charge in [-0.25, -0.2) is 4.98 Å². The van der Waals surface area contributed by atoms with Crippen LogP contribution in [-0.4, -0.2) is 22.6 Å². The van der Waals surface area contributed by atoms with Gasteiger partial charge in [0.05, 0.1) is 30.4 Å². The van der Waals surface area contributed by atoms with Gasteiger partial charge in [-0.15, -0.1) is 0 Å². The first kappa shape index (κ1) is 19.6. The highest BCUT2D eigenvalue weighted by atomic mass is 16.5. The minimum atomic E-state index is -0.122. The quantitative estimate of drug-likeness (QED) is 0.683. The molecule has 0 radical (unpaired) electrons. The van der Waals surface area contributed by atoms with Crippen molar-refractivity contribution in [3.63, 3.8) is 0 Å². The van der Waals surface area contributed by atoms with Crippen LogP contribution in [0.25, 0.3) is 10.9 Å². The molecule has 0 aliphatic rings. The Labute approximate surface area is 164 Å². The second-order valence-electron chi connectivity index (χ2n) is 6.77. The summed E-state index contributed by atoms with van der Waals surface area (Å²) in [5.41, 5.74) is 2.57. The van der Waals surface area contributed by atoms with E-state index in [-0.39, 0.29) is 23.9 Å². The number of aryl methyl sites for hydroxylation is 2. The Morgan fingerprint density at radius 3 is 2.64 bits per heavy atom. The van der Waals surface area contributed by atoms with Crippen LogP contribution >= 0.6 is 0 Å². The smallest absolute Gasteiger partial charge is 0.261 e. The second kappa shape index (κ2) is 8.69. The van der Waals surface area contributed by atoms with Gasteiger partial charge in [0.2, 0.25) is 5.91 Å². The summed E-state index contributed by atoms with van der Waals surface area (Å²) in [7, 11) is 1.62. The molecule has 1 N–H and O–H groups in total. The first-order valence-corrected chi connectivity index (χ1v) is 9.41. The lowest BCUT2D eigenvalue weighted by Gasteiger charge is -2.18. The molecule has 0 spiro atoms. The lowest BCUT2D eigenvalue weighted by atomic mass is 10.0. The van der Waals surface area contributed by atoms with Crippen molar-refractivity contribution in [3.8, 4) is 5.75 Å². The number of methoxy groups -OCH3 is 1. The SMILES string of the molecule is CCC(NC(=O)CCn1cnc2c(C)cccc2c1=O)c1ccc(OC)cc1. The van der Waals surface area contributed by atoms with Gasteiger partial charge in [-0.1, -0.05) is 31.2 Å². The van der Waals surface area contributed by atoms with E-state index in [1.165, 1.54) is 10.9 Å². The number of nitrogens with one attached hydrogen (secondary N) is 1. The number of ether oxygens (including phenoxy) is 1. The van der Waals surface area contributed by atoms with Gasteiger partial charge in [0.25, 0.3) is 5.56 Å². The highest BCUT2D eigenvalue weighted by molar-refractivity contribution is 5.80. The number of carbonyl (C=O) groups excluding carboxylic acids is 1. The third kappa shape index (κ3) is 4.22. The average molecular weight is 379 g/mol. The van der Waals surface area contributed by atoms with Crippen LogP contribution in [0.1, 0.15) is 36.9 Å². The molecule has 1 unspecified atom stereocenters. The van der Waals surface area contributed by atoms with Crippen LogP contribution in [0.2, 0.25) is 0 Å². The molecule has 1 atom stereocenters. The van der Waals surface area contributed by atoms with Gasteiger partial charge >= 0.3 is 0 Å². The fraction of sp³-hybridized carbons (Fsp3) is 0.318. The predicted octanol–water partition coefficient (Wildman–Crippen LogP) is 3.37. The standard InChI is InChI=1S/C22H25N3O3/c1-4-19(16-8-10-17(28-3)11-9-16)24-20(26)12-13-25-14-23-21-15(2)6-5-7-18(21)22(25)27/h5-11,14,19H,4,12-13H2,1-3H3,(H,24,26). The number of carbonyl (C=O) groups is 1. The van der Waals surface area contributed by atoms with Crippen LogP contribution in [0.3, 0.4) is 0 Å². The van der Waals surface area contributed by atoms with E-state index in [4.69, 9.17) is 4.74 Å². The molecule has 0 saturated carbocycles. The van der Waals surface area contributed by atoms with Crippen molar-refractivity contribution >= 4 is 16.8 Å². The Bertz CT molecular complexity index is 1030. The van der Waals surface area contributed by atoms with Gasteiger partial charge in [0.1, 0.15) is 5.75 Å². The molecule has 6 nitrogen and oxygen atoms in total. The third-order valence-corrected chi connectivity index (χ3v) is 4.90. The predicted molar refractivity (Wildman–Crippen MR) is 110 cm³/mol. The zero-order chi connectivity index (χ0) is 20.1. The van der Waals surface area contributed by atoms with E-state index in [1.807, 2.05) is 50.2 Å². The number of hydrogen-bond donors (Lipinski definition) is 1. The fourth-order valence-corrected chi connectivity index (χ4v) is 3.24. The zero-order valence-electron chi connectivity index (χ0n) is 16.4. The second-order valence-corrected chi connectivity index (χ2v) is 6.77. The lowest BCUT2D eigenvalue weighted by Crippen LogP contribution is -2.30. The molecule has 0 bridgehead atoms. The number of amides is 1. The van der Waals surface area contributed by atoms with E-state index in [0.29, 0.717) is 17.4 Å². The van der Waals surface area contributed by atoms with Gasteiger partial charge in [-0.3, -0.25) is 14.2 Å². The molecule has 3 rings (SSSR count). The largest absolute Gasteiger partial charge is 0.497 e. The molecule has 3 aromatic rings. The Morgan fingerprint density at radius 1 is 1.21 bits per heavy atom. The average Bonchev–Trinajstić information content (AvgIpc) is 2.72. The molecular weight excluding hydrogens is 354 g/mol. The van der Waals surface area contributed by atoms with Crippen LogP contribution < -0.4 is 15.6 Å². The van der Waals surface area contributed by atoms with Crippen LogP contribution in [-0.2, 0) is 11.3 Å². The number of benzene rings is 2. The normalized spacial score (nSPS) is 12.0. The summed E-state index contributed by atoms with van der Waals surface area (Å²) >= 11 is 0. The van der Waals surface area contributed by atoms with Gasteiger partial charge in [0.15, 0.2) is 0 Å². The molecule has 0 fully saturated rings. The van der Waals surface area contributed by atoms with Crippen LogP contribution in [0.15, 0.2) is 53.6 Å². The summed E-state index contributed by atoms with van der Waals surface area (Å²) in [6.07, 6.45) is 2.51. The minimum Gasteiger partial charge on any atom is -0.497 e. The van der Waals surface area contributed by atoms with Crippen molar-refractivity contribution < 1.29 is 9.53 Å². The summed E-state index contributed by atoms with van der Waals surface area (Å²) in [4.78, 5) is 29.5. The van der Waals surface area contributed by atoms with Gasteiger partial charge in [-0.05, 0) is 42.7 Å². The molecule has 28 heavy (non-hydrogen) atoms. The summed E-state index contributed by atoms with van der Waals surface area (Å²) in [6, 6.07) is 13.1. The van der Waals surface area contributed by atoms with Gasteiger partial charge in [0, 0.05) is 13.0 Å². The summed E-state index contributed by atoms with van der Waals surface area (Å²) in [5, 5.41) is 3.62. The maximum Gasteiger partial charge on any atom is 0.261 e. The maximum absolute atomic E-state index is 12.6. The lowest BCUT2D eigenvalue weighted by molar-refractivity contribution is -0.122. The van der Waals surface area contributed by atoms with E-state index in [2.05, 4.69) is 10.3 Å². The zero-order valence-corrected chi connectivity index (χ0v) is 16.4. The summed E-state index contributed by atoms with van der Waals surface area (Å²) in [6.45, 7) is 4.24. The molecule has 1 aromatic heterocycles. The fourth-order valence-electron chi connectivity index (χ4n) is 3.24. The molecular formula is C22H25N3O3. The van der Waals surface area contributed by atoms with Crippen molar-refractivity contribution in [1.29, 1.82) is 0 Å². The number of para-hydroxylation sites is 1. The van der Waals surface area contributed by atoms with E-state index in [0.717, 1.165) is 23.3 Å². The van der Waals surface area contributed by atoms with Gasteiger partial charge in [-0.2, -0.15) is 0 Å². The molecule has 6 heteroatoms. The van der Waals surface area contributed by atoms with Crippen molar-refractivity contribution in [2.24, 2.45) is 0 Å². The molecule has 2 aromatic carbocycles. The number of aromatic nitrogens is 2. The van der Waals surface area contributed by atoms with E-state index >= 15 is 0 Å². The first-order valence-electron chi connectivity index (χ1n) is 9.41. The number of rotatable bonds is 7. The van der Waals surface area contributed by atoms with Crippen LogP contribution in [0, 0.1) is 6.92 Å². The van der Waals surface area contributed by atoms with Crippen molar-refractivity contribution in [1.82, 2.24) is 14.9 Å². The van der Waals surface area contributed by atoms with Crippen molar-refractivity contribution in [2.45, 2.75) is 39.3 Å². The van der Waals surface area contributed by atoms with Crippen LogP contribution in [0.4, 0.5) is 0 Å². The Kier molecular flexibility index (Phi) is 6.09. The van der Waals surface area contributed by atoms with Crippen molar-refractivity contribution in [3.05, 3.63) is 70.3 Å². The van der Waals surface area contributed by atoms with Crippen LogP contribution in [0.5, 0.6) is 5.75 Å². The molecule has 0 aliphatic heterocycles. The number of nitrogens with zero attached hydrogens (tertiary/aromatic N) is 2. The molecule has 1 amide bonds. The van der Waals surface area contributed by atoms with E-state index < -0.39 is 0 Å². The number of fused-ring (bicyclic) bond motifs is 1. The molecule has 146 valence electrons. The Morgan fingerprint density at radius 2 is 1.96 bits per heavy atom. The van der Waals surface area contributed by atoms with Gasteiger partial charge < -0.3 is 10.1 Å². The third-order valence-electron chi connectivity index (χ3n) is 4.90. The maximum atomic E-state index is 12.6. The molecule has 0 saturated heterocycles. The molecule has 1 heterocycles. The topological polar surface area (TPSA) is 73.2 Å². The Hall–Kier alpha value is -3.15. The monoisotopic (exact) mass is 379 g/mol. The van der Waals surface area contributed by atoms with E-state index in [1.54, 1.807) is 13.2 Å². The minimum absolute atomic E-state index is 0.0764.